The van der Waals surface area contributed by atoms with Crippen LogP contribution in [-0.4, -0.2) is 23.6 Å². The number of rotatable bonds is 4. The zero-order valence-corrected chi connectivity index (χ0v) is 8.07. The molecule has 0 radical (unpaired) electrons. The van der Waals surface area contributed by atoms with Gasteiger partial charge in [0.2, 0.25) is 0 Å². The molecule has 7 heteroatoms. The lowest BCUT2D eigenvalue weighted by atomic mass is 10.1. The summed E-state index contributed by atoms with van der Waals surface area (Å²) < 4.78 is 13.0. The van der Waals surface area contributed by atoms with E-state index in [9.17, 15) is 14.0 Å². The zero-order valence-electron chi connectivity index (χ0n) is 8.07. The van der Waals surface area contributed by atoms with Crippen molar-refractivity contribution in [2.75, 3.05) is 12.3 Å². The number of carbonyl (C=O) groups excluding carboxylic acids is 1. The van der Waals surface area contributed by atoms with Crippen LogP contribution in [0, 0.1) is 5.82 Å². The Labute approximate surface area is 89.8 Å². The number of hydrogen-bond acceptors (Lipinski definition) is 4. The number of nitrogen functional groups attached to an aromatic ring is 1. The highest BCUT2D eigenvalue weighted by atomic mass is 19.1. The number of nitrogens with two attached hydrogens (primary N) is 1. The van der Waals surface area contributed by atoms with Crippen molar-refractivity contribution in [3.05, 3.63) is 29.6 Å². The number of benzene rings is 1. The van der Waals surface area contributed by atoms with Gasteiger partial charge >= 0.3 is 5.97 Å². The van der Waals surface area contributed by atoms with Gasteiger partial charge in [0.1, 0.15) is 5.82 Å². The second kappa shape index (κ2) is 5.08. The maximum atomic E-state index is 13.0. The number of para-hydroxylation sites is 1. The molecule has 0 saturated carbocycles. The van der Waals surface area contributed by atoms with Crippen molar-refractivity contribution in [1.29, 1.82) is 0 Å². The summed E-state index contributed by atoms with van der Waals surface area (Å²) in [4.78, 5) is 25.7. The summed E-state index contributed by atoms with van der Waals surface area (Å²) in [6, 6.07) is 3.69. The van der Waals surface area contributed by atoms with Gasteiger partial charge in [0.05, 0.1) is 11.3 Å². The summed E-state index contributed by atoms with van der Waals surface area (Å²) >= 11 is 0. The summed E-state index contributed by atoms with van der Waals surface area (Å²) in [5.41, 5.74) is 6.70. The van der Waals surface area contributed by atoms with Crippen LogP contribution in [0.15, 0.2) is 18.2 Å². The minimum Gasteiger partial charge on any atom is -0.479 e. The highest BCUT2D eigenvalue weighted by molar-refractivity contribution is 5.98. The highest BCUT2D eigenvalue weighted by Gasteiger charge is 2.12. The number of amides is 1. The molecule has 0 aromatic heterocycles. The van der Waals surface area contributed by atoms with E-state index in [1.807, 2.05) is 5.48 Å². The molecule has 0 fully saturated rings. The number of anilines is 1. The molecule has 86 valence electrons. The van der Waals surface area contributed by atoms with E-state index in [2.05, 4.69) is 4.84 Å². The molecule has 6 nitrogen and oxygen atoms in total. The molecule has 0 aliphatic rings. The van der Waals surface area contributed by atoms with Gasteiger partial charge < -0.3 is 10.8 Å². The Bertz CT molecular complexity index is 422. The van der Waals surface area contributed by atoms with Crippen LogP contribution in [0.25, 0.3) is 0 Å². The van der Waals surface area contributed by atoms with Crippen LogP contribution in [-0.2, 0) is 9.63 Å². The number of aliphatic carboxylic acids is 1. The van der Waals surface area contributed by atoms with Gasteiger partial charge in [-0.2, -0.15) is 0 Å². The molecular weight excluding hydrogens is 219 g/mol. The van der Waals surface area contributed by atoms with Gasteiger partial charge in [0, 0.05) is 0 Å². The molecular formula is C9H9FN2O4. The van der Waals surface area contributed by atoms with Gasteiger partial charge in [-0.1, -0.05) is 6.07 Å². The second-order valence-corrected chi connectivity index (χ2v) is 2.81. The predicted molar refractivity (Wildman–Crippen MR) is 51.9 cm³/mol. The van der Waals surface area contributed by atoms with E-state index >= 15 is 0 Å². The van der Waals surface area contributed by atoms with Crippen molar-refractivity contribution in [2.24, 2.45) is 0 Å². The van der Waals surface area contributed by atoms with E-state index in [0.717, 1.165) is 6.07 Å². The number of halogens is 1. The Hall–Kier alpha value is -2.15. The third-order valence-electron chi connectivity index (χ3n) is 1.66. The predicted octanol–water partition coefficient (Wildman–Crippen LogP) is 0.154. The first-order valence-corrected chi connectivity index (χ1v) is 4.20. The summed E-state index contributed by atoms with van der Waals surface area (Å²) in [7, 11) is 0. The minimum atomic E-state index is -1.24. The SMILES string of the molecule is Nc1c(F)cccc1C(=O)NOCC(=O)O. The smallest absolute Gasteiger partial charge is 0.332 e. The van der Waals surface area contributed by atoms with Gasteiger partial charge in [0.15, 0.2) is 6.61 Å². The Morgan fingerprint density at radius 1 is 1.50 bits per heavy atom. The Morgan fingerprint density at radius 3 is 2.81 bits per heavy atom. The van der Waals surface area contributed by atoms with Gasteiger partial charge in [-0.05, 0) is 12.1 Å². The molecule has 0 saturated heterocycles. The lowest BCUT2D eigenvalue weighted by Gasteiger charge is -2.06. The van der Waals surface area contributed by atoms with Crippen LogP contribution in [0.5, 0.6) is 0 Å². The first-order valence-electron chi connectivity index (χ1n) is 4.20. The maximum Gasteiger partial charge on any atom is 0.332 e. The van der Waals surface area contributed by atoms with Crippen molar-refractivity contribution in [3.8, 4) is 0 Å². The minimum absolute atomic E-state index is 0.120. The molecule has 0 unspecified atom stereocenters. The molecule has 0 atom stereocenters. The molecule has 1 aromatic carbocycles. The maximum absolute atomic E-state index is 13.0. The van der Waals surface area contributed by atoms with Gasteiger partial charge in [-0.25, -0.2) is 14.7 Å². The molecule has 0 heterocycles. The number of carbonyl (C=O) groups is 2. The number of carboxylic acid groups (broad SMARTS) is 1. The second-order valence-electron chi connectivity index (χ2n) is 2.81. The van der Waals surface area contributed by atoms with Crippen LogP contribution in [0.4, 0.5) is 10.1 Å². The quantitative estimate of drug-likeness (QED) is 0.503. The van der Waals surface area contributed by atoms with Gasteiger partial charge in [-0.15, -0.1) is 0 Å². The largest absolute Gasteiger partial charge is 0.479 e. The van der Waals surface area contributed by atoms with E-state index in [4.69, 9.17) is 10.8 Å². The number of nitrogens with one attached hydrogen (secondary N) is 1. The first kappa shape index (κ1) is 11.9. The Kier molecular flexibility index (Phi) is 3.78. The van der Waals surface area contributed by atoms with Crippen LogP contribution in [0.1, 0.15) is 10.4 Å². The molecule has 1 amide bonds. The van der Waals surface area contributed by atoms with Crippen molar-refractivity contribution < 1.29 is 23.9 Å². The fourth-order valence-electron chi connectivity index (χ4n) is 0.953. The van der Waals surface area contributed by atoms with Crippen LogP contribution >= 0.6 is 0 Å². The lowest BCUT2D eigenvalue weighted by Crippen LogP contribution is -2.27. The standard InChI is InChI=1S/C9H9FN2O4/c10-6-3-1-2-5(8(6)11)9(15)12-16-4-7(13)14/h1-3H,4,11H2,(H,12,15)(H,13,14). The zero-order chi connectivity index (χ0) is 12.1. The monoisotopic (exact) mass is 228 g/mol. The Morgan fingerprint density at radius 2 is 2.19 bits per heavy atom. The van der Waals surface area contributed by atoms with Crippen molar-refractivity contribution in [3.63, 3.8) is 0 Å². The average molecular weight is 228 g/mol. The fourth-order valence-corrected chi connectivity index (χ4v) is 0.953. The third-order valence-corrected chi connectivity index (χ3v) is 1.66. The summed E-state index contributed by atoms with van der Waals surface area (Å²) in [6.07, 6.45) is 0. The fraction of sp³-hybridized carbons (Fsp3) is 0.111. The van der Waals surface area contributed by atoms with Crippen molar-refractivity contribution in [1.82, 2.24) is 5.48 Å². The van der Waals surface area contributed by atoms with E-state index in [1.54, 1.807) is 0 Å². The summed E-state index contributed by atoms with van der Waals surface area (Å²) in [6.45, 7) is -0.693. The van der Waals surface area contributed by atoms with Gasteiger partial charge in [-0.3, -0.25) is 9.63 Å². The molecule has 1 aromatic rings. The topological polar surface area (TPSA) is 102 Å². The lowest BCUT2D eigenvalue weighted by molar-refractivity contribution is -0.144. The molecule has 1 rings (SSSR count). The van der Waals surface area contributed by atoms with E-state index in [1.165, 1.54) is 12.1 Å². The number of carboxylic acids is 1. The number of hydroxylamine groups is 1. The molecule has 0 spiro atoms. The third kappa shape index (κ3) is 2.92. The summed E-state index contributed by atoms with van der Waals surface area (Å²) in [5.74, 6) is -2.78. The molecule has 0 aliphatic carbocycles. The molecule has 16 heavy (non-hydrogen) atoms. The van der Waals surface area contributed by atoms with E-state index in [-0.39, 0.29) is 11.3 Å². The van der Waals surface area contributed by atoms with Crippen molar-refractivity contribution >= 4 is 17.6 Å². The van der Waals surface area contributed by atoms with Gasteiger partial charge in [0.25, 0.3) is 5.91 Å². The van der Waals surface area contributed by atoms with E-state index in [0.29, 0.717) is 0 Å². The van der Waals surface area contributed by atoms with E-state index < -0.39 is 24.3 Å². The van der Waals surface area contributed by atoms with Crippen LogP contribution < -0.4 is 11.2 Å². The normalized spacial score (nSPS) is 9.81. The summed E-state index contributed by atoms with van der Waals surface area (Å²) in [5, 5.41) is 8.23. The first-order chi connectivity index (χ1) is 7.52. The van der Waals surface area contributed by atoms with Crippen molar-refractivity contribution in [2.45, 2.75) is 0 Å². The molecule has 0 bridgehead atoms. The van der Waals surface area contributed by atoms with Crippen LogP contribution in [0.2, 0.25) is 0 Å². The molecule has 0 aliphatic heterocycles. The average Bonchev–Trinajstić information content (AvgIpc) is 2.21. The van der Waals surface area contributed by atoms with Crippen LogP contribution in [0.3, 0.4) is 0 Å². The molecule has 4 N–H and O–H groups in total. The number of hydrogen-bond donors (Lipinski definition) is 3. The highest BCUT2D eigenvalue weighted by Crippen LogP contribution is 2.15. The Balaban J connectivity index is 2.66.